The van der Waals surface area contributed by atoms with Gasteiger partial charge in [-0.1, -0.05) is 18.2 Å². The Morgan fingerprint density at radius 3 is 2.95 bits per heavy atom. The van der Waals surface area contributed by atoms with Crippen molar-refractivity contribution in [2.45, 2.75) is 25.4 Å². The van der Waals surface area contributed by atoms with Crippen LogP contribution in [0.2, 0.25) is 0 Å². The number of nitrogens with one attached hydrogen (secondary N) is 1. The number of thiophene rings is 1. The number of aromatic nitrogens is 1. The Morgan fingerprint density at radius 1 is 1.29 bits per heavy atom. The fourth-order valence-corrected chi connectivity index (χ4v) is 3.36. The van der Waals surface area contributed by atoms with Crippen LogP contribution in [0.3, 0.4) is 0 Å². The highest BCUT2D eigenvalue weighted by Gasteiger charge is 2.33. The van der Waals surface area contributed by atoms with Crippen molar-refractivity contribution in [3.63, 3.8) is 0 Å². The minimum atomic E-state index is 0.166. The van der Waals surface area contributed by atoms with Gasteiger partial charge in [0.1, 0.15) is 0 Å². The molecule has 1 aliphatic carbocycles. The van der Waals surface area contributed by atoms with Gasteiger partial charge in [0.2, 0.25) is 0 Å². The second-order valence-electron chi connectivity index (χ2n) is 5.54. The van der Waals surface area contributed by atoms with Gasteiger partial charge in [0.15, 0.2) is 0 Å². The summed E-state index contributed by atoms with van der Waals surface area (Å²) in [6.07, 6.45) is 4.20. The van der Waals surface area contributed by atoms with Crippen LogP contribution < -0.4 is 0 Å². The molecule has 1 N–H and O–H groups in total. The third-order valence-electron chi connectivity index (χ3n) is 3.95. The van der Waals surface area contributed by atoms with Crippen LogP contribution >= 0.6 is 11.3 Å². The lowest BCUT2D eigenvalue weighted by Crippen LogP contribution is -2.32. The third kappa shape index (κ3) is 2.47. The van der Waals surface area contributed by atoms with Gasteiger partial charge in [-0.05, 0) is 47.4 Å². The van der Waals surface area contributed by atoms with E-state index in [9.17, 15) is 4.79 Å². The maximum absolute atomic E-state index is 12.6. The molecule has 0 saturated heterocycles. The van der Waals surface area contributed by atoms with Crippen LogP contribution in [-0.2, 0) is 6.54 Å². The molecular weight excluding hydrogens is 280 g/mol. The average Bonchev–Trinajstić information content (AvgIpc) is 3.02. The monoisotopic (exact) mass is 296 g/mol. The molecule has 3 nitrogen and oxygen atoms in total. The van der Waals surface area contributed by atoms with Crippen LogP contribution in [0.1, 0.15) is 28.1 Å². The number of carbonyl (C=O) groups is 1. The Bertz CT molecular complexity index is 771. The molecule has 1 aromatic carbocycles. The van der Waals surface area contributed by atoms with E-state index in [-0.39, 0.29) is 5.91 Å². The van der Waals surface area contributed by atoms with Crippen molar-refractivity contribution in [3.8, 4) is 0 Å². The van der Waals surface area contributed by atoms with E-state index < -0.39 is 0 Å². The molecule has 0 spiro atoms. The summed E-state index contributed by atoms with van der Waals surface area (Å²) in [4.78, 5) is 18.7. The first-order valence-corrected chi connectivity index (χ1v) is 8.10. The van der Waals surface area contributed by atoms with Crippen LogP contribution in [0.4, 0.5) is 0 Å². The highest BCUT2D eigenvalue weighted by atomic mass is 32.1. The number of H-pyrrole nitrogens is 1. The zero-order valence-electron chi connectivity index (χ0n) is 11.6. The zero-order valence-corrected chi connectivity index (χ0v) is 12.4. The lowest BCUT2D eigenvalue weighted by atomic mass is 10.1. The van der Waals surface area contributed by atoms with Crippen molar-refractivity contribution < 1.29 is 4.79 Å². The first-order chi connectivity index (χ1) is 10.3. The molecule has 0 unspecified atom stereocenters. The summed E-state index contributed by atoms with van der Waals surface area (Å²) in [5.74, 6) is 0.166. The Hall–Kier alpha value is -2.07. The lowest BCUT2D eigenvalue weighted by molar-refractivity contribution is 0.0735. The van der Waals surface area contributed by atoms with E-state index in [1.54, 1.807) is 0 Å². The van der Waals surface area contributed by atoms with E-state index in [2.05, 4.69) is 29.2 Å². The van der Waals surface area contributed by atoms with Gasteiger partial charge in [0.05, 0.1) is 4.88 Å². The number of hydrogen-bond donors (Lipinski definition) is 1. The molecule has 1 aliphatic rings. The lowest BCUT2D eigenvalue weighted by Gasteiger charge is -2.22. The van der Waals surface area contributed by atoms with Gasteiger partial charge in [-0.3, -0.25) is 4.79 Å². The maximum atomic E-state index is 12.6. The van der Waals surface area contributed by atoms with Gasteiger partial charge in [-0.2, -0.15) is 0 Å². The van der Waals surface area contributed by atoms with Crippen molar-refractivity contribution >= 4 is 28.1 Å². The van der Waals surface area contributed by atoms with Crippen molar-refractivity contribution in [3.05, 3.63) is 58.4 Å². The number of carbonyl (C=O) groups excluding carboxylic acids is 1. The molecule has 1 saturated carbocycles. The topological polar surface area (TPSA) is 36.1 Å². The quantitative estimate of drug-likeness (QED) is 0.775. The fourth-order valence-electron chi connectivity index (χ4n) is 2.68. The van der Waals surface area contributed by atoms with Crippen LogP contribution in [0.5, 0.6) is 0 Å². The molecule has 106 valence electrons. The van der Waals surface area contributed by atoms with Crippen molar-refractivity contribution in [1.82, 2.24) is 9.88 Å². The van der Waals surface area contributed by atoms with Gasteiger partial charge < -0.3 is 9.88 Å². The fraction of sp³-hybridized carbons (Fsp3) is 0.235. The highest BCUT2D eigenvalue weighted by Crippen LogP contribution is 2.31. The normalized spacial score (nSPS) is 14.5. The summed E-state index contributed by atoms with van der Waals surface area (Å²) < 4.78 is 0. The predicted molar refractivity (Wildman–Crippen MR) is 85.5 cm³/mol. The van der Waals surface area contributed by atoms with E-state index in [0.717, 1.165) is 23.2 Å². The average molecular weight is 296 g/mol. The van der Waals surface area contributed by atoms with E-state index in [1.165, 1.54) is 22.3 Å². The van der Waals surface area contributed by atoms with Crippen molar-refractivity contribution in [2.75, 3.05) is 0 Å². The van der Waals surface area contributed by atoms with Gasteiger partial charge in [-0.25, -0.2) is 0 Å². The van der Waals surface area contributed by atoms with E-state index in [1.807, 2.05) is 28.6 Å². The molecule has 1 fully saturated rings. The molecule has 0 aliphatic heterocycles. The largest absolute Gasteiger partial charge is 0.361 e. The Morgan fingerprint density at radius 2 is 2.19 bits per heavy atom. The molecule has 4 heteroatoms. The molecule has 0 bridgehead atoms. The number of aromatic amines is 1. The summed E-state index contributed by atoms with van der Waals surface area (Å²) in [5.41, 5.74) is 2.31. The molecule has 4 rings (SSSR count). The molecule has 2 heterocycles. The Labute approximate surface area is 127 Å². The maximum Gasteiger partial charge on any atom is 0.264 e. The number of amides is 1. The molecule has 2 aromatic heterocycles. The first kappa shape index (κ1) is 12.7. The Balaban J connectivity index is 1.61. The van der Waals surface area contributed by atoms with Gasteiger partial charge in [0.25, 0.3) is 5.91 Å². The number of hydrogen-bond acceptors (Lipinski definition) is 2. The van der Waals surface area contributed by atoms with Gasteiger partial charge >= 0.3 is 0 Å². The highest BCUT2D eigenvalue weighted by molar-refractivity contribution is 7.12. The number of rotatable bonds is 4. The molecule has 0 radical (unpaired) electrons. The van der Waals surface area contributed by atoms with Gasteiger partial charge in [-0.15, -0.1) is 11.3 Å². The van der Waals surface area contributed by atoms with E-state index >= 15 is 0 Å². The number of fused-ring (bicyclic) bond motifs is 1. The second-order valence-corrected chi connectivity index (χ2v) is 6.49. The standard InChI is InChI=1S/C17H16N2OS/c20-17(16-2-1-9-21-16)19(14-5-6-14)11-12-3-4-13-7-8-18-15(13)10-12/h1-4,7-10,14,18H,5-6,11H2. The zero-order chi connectivity index (χ0) is 14.2. The van der Waals surface area contributed by atoms with Crippen LogP contribution in [0.15, 0.2) is 48.0 Å². The van der Waals surface area contributed by atoms with E-state index in [4.69, 9.17) is 0 Å². The predicted octanol–water partition coefficient (Wildman–Crippen LogP) is 4.03. The van der Waals surface area contributed by atoms with Crippen molar-refractivity contribution in [2.24, 2.45) is 0 Å². The molecule has 21 heavy (non-hydrogen) atoms. The number of benzene rings is 1. The van der Waals surface area contributed by atoms with Crippen LogP contribution in [0.25, 0.3) is 10.9 Å². The molecule has 0 atom stereocenters. The summed E-state index contributed by atoms with van der Waals surface area (Å²) in [6, 6.07) is 12.7. The van der Waals surface area contributed by atoms with Gasteiger partial charge in [0, 0.05) is 24.3 Å². The minimum Gasteiger partial charge on any atom is -0.361 e. The van der Waals surface area contributed by atoms with Crippen molar-refractivity contribution in [1.29, 1.82) is 0 Å². The first-order valence-electron chi connectivity index (χ1n) is 7.22. The minimum absolute atomic E-state index is 0.166. The Kier molecular flexibility index (Phi) is 3.04. The summed E-state index contributed by atoms with van der Waals surface area (Å²) >= 11 is 1.52. The summed E-state index contributed by atoms with van der Waals surface area (Å²) in [7, 11) is 0. The van der Waals surface area contributed by atoms with Crippen LogP contribution in [-0.4, -0.2) is 21.8 Å². The SMILES string of the molecule is O=C(c1cccs1)N(Cc1ccc2cc[nH]c2c1)C1CC1. The smallest absolute Gasteiger partial charge is 0.264 e. The second kappa shape index (κ2) is 5.04. The molecular formula is C17H16N2OS. The third-order valence-corrected chi connectivity index (χ3v) is 4.81. The number of nitrogens with zero attached hydrogens (tertiary/aromatic N) is 1. The molecule has 1 amide bonds. The van der Waals surface area contributed by atoms with E-state index in [0.29, 0.717) is 12.6 Å². The molecule has 3 aromatic rings. The van der Waals surface area contributed by atoms with Crippen LogP contribution in [0, 0.1) is 0 Å². The summed E-state index contributed by atoms with van der Waals surface area (Å²) in [6.45, 7) is 0.691. The summed E-state index contributed by atoms with van der Waals surface area (Å²) in [5, 5.41) is 3.17.